The molecule has 6 heteroatoms. The molecule has 0 aromatic heterocycles. The SMILES string of the molecule is COc1cc(C)c(CN2CCNCC2)cc1OC.Cl.Cl. The fraction of sp³-hybridized carbons (Fsp3) is 0.571. The monoisotopic (exact) mass is 322 g/mol. The van der Waals surface area contributed by atoms with E-state index in [1.54, 1.807) is 14.2 Å². The summed E-state index contributed by atoms with van der Waals surface area (Å²) in [6, 6.07) is 4.15. The van der Waals surface area contributed by atoms with Crippen molar-refractivity contribution < 1.29 is 9.47 Å². The Morgan fingerprint density at radius 3 is 2.15 bits per heavy atom. The van der Waals surface area contributed by atoms with Gasteiger partial charge in [-0.15, -0.1) is 24.8 Å². The van der Waals surface area contributed by atoms with E-state index in [2.05, 4.69) is 29.3 Å². The Labute approximate surface area is 133 Å². The minimum Gasteiger partial charge on any atom is -0.493 e. The summed E-state index contributed by atoms with van der Waals surface area (Å²) in [6.07, 6.45) is 0. The lowest BCUT2D eigenvalue weighted by atomic mass is 10.1. The fourth-order valence-corrected chi connectivity index (χ4v) is 2.30. The lowest BCUT2D eigenvalue weighted by Crippen LogP contribution is -2.43. The second-order valence-corrected chi connectivity index (χ2v) is 4.66. The van der Waals surface area contributed by atoms with Gasteiger partial charge in [-0.05, 0) is 30.2 Å². The van der Waals surface area contributed by atoms with Gasteiger partial charge in [0.25, 0.3) is 0 Å². The van der Waals surface area contributed by atoms with Gasteiger partial charge in [0.15, 0.2) is 11.5 Å². The highest BCUT2D eigenvalue weighted by atomic mass is 35.5. The number of halogens is 2. The molecular formula is C14H24Cl2N2O2. The highest BCUT2D eigenvalue weighted by Gasteiger charge is 2.13. The maximum atomic E-state index is 5.37. The maximum absolute atomic E-state index is 5.37. The number of benzene rings is 1. The van der Waals surface area contributed by atoms with Crippen molar-refractivity contribution in [1.29, 1.82) is 0 Å². The van der Waals surface area contributed by atoms with Crippen LogP contribution in [0.1, 0.15) is 11.1 Å². The molecule has 0 amide bonds. The van der Waals surface area contributed by atoms with Crippen LogP contribution in [0.4, 0.5) is 0 Å². The van der Waals surface area contributed by atoms with Crippen LogP contribution in [0.2, 0.25) is 0 Å². The van der Waals surface area contributed by atoms with Gasteiger partial charge >= 0.3 is 0 Å². The Hall–Kier alpha value is -0.680. The molecule has 1 N–H and O–H groups in total. The highest BCUT2D eigenvalue weighted by molar-refractivity contribution is 5.85. The van der Waals surface area contributed by atoms with E-state index in [-0.39, 0.29) is 24.8 Å². The molecular weight excluding hydrogens is 299 g/mol. The fourth-order valence-electron chi connectivity index (χ4n) is 2.30. The molecule has 1 aromatic rings. The van der Waals surface area contributed by atoms with Crippen molar-refractivity contribution in [2.24, 2.45) is 0 Å². The summed E-state index contributed by atoms with van der Waals surface area (Å²) < 4.78 is 10.7. The normalized spacial score (nSPS) is 14.9. The van der Waals surface area contributed by atoms with Crippen molar-refractivity contribution in [3.05, 3.63) is 23.3 Å². The van der Waals surface area contributed by atoms with Gasteiger partial charge in [0.2, 0.25) is 0 Å². The van der Waals surface area contributed by atoms with E-state index in [9.17, 15) is 0 Å². The van der Waals surface area contributed by atoms with E-state index in [1.165, 1.54) is 11.1 Å². The second kappa shape index (κ2) is 9.29. The second-order valence-electron chi connectivity index (χ2n) is 4.66. The van der Waals surface area contributed by atoms with Crippen molar-refractivity contribution >= 4 is 24.8 Å². The molecule has 2 rings (SSSR count). The molecule has 0 spiro atoms. The first-order valence-corrected chi connectivity index (χ1v) is 6.39. The van der Waals surface area contributed by atoms with Gasteiger partial charge in [-0.3, -0.25) is 4.90 Å². The Morgan fingerprint density at radius 2 is 1.60 bits per heavy atom. The van der Waals surface area contributed by atoms with Gasteiger partial charge < -0.3 is 14.8 Å². The van der Waals surface area contributed by atoms with Crippen molar-refractivity contribution in [2.75, 3.05) is 40.4 Å². The van der Waals surface area contributed by atoms with E-state index >= 15 is 0 Å². The zero-order valence-electron chi connectivity index (χ0n) is 12.3. The summed E-state index contributed by atoms with van der Waals surface area (Å²) in [5.41, 5.74) is 2.57. The largest absolute Gasteiger partial charge is 0.493 e. The summed E-state index contributed by atoms with van der Waals surface area (Å²) >= 11 is 0. The lowest BCUT2D eigenvalue weighted by molar-refractivity contribution is 0.232. The minimum atomic E-state index is 0. The van der Waals surface area contributed by atoms with E-state index < -0.39 is 0 Å². The molecule has 4 nitrogen and oxygen atoms in total. The molecule has 0 aliphatic carbocycles. The number of methoxy groups -OCH3 is 2. The van der Waals surface area contributed by atoms with Crippen LogP contribution in [0, 0.1) is 6.92 Å². The van der Waals surface area contributed by atoms with Crippen LogP contribution in [0.25, 0.3) is 0 Å². The van der Waals surface area contributed by atoms with Crippen LogP contribution < -0.4 is 14.8 Å². The molecule has 0 unspecified atom stereocenters. The molecule has 1 saturated heterocycles. The molecule has 116 valence electrons. The van der Waals surface area contributed by atoms with E-state index in [4.69, 9.17) is 9.47 Å². The van der Waals surface area contributed by atoms with E-state index in [1.807, 2.05) is 0 Å². The molecule has 20 heavy (non-hydrogen) atoms. The molecule has 0 radical (unpaired) electrons. The smallest absolute Gasteiger partial charge is 0.161 e. The summed E-state index contributed by atoms with van der Waals surface area (Å²) in [4.78, 5) is 2.46. The van der Waals surface area contributed by atoms with Gasteiger partial charge in [-0.1, -0.05) is 0 Å². The Bertz CT molecular complexity index is 410. The third-order valence-corrected chi connectivity index (χ3v) is 3.45. The van der Waals surface area contributed by atoms with Gasteiger partial charge in [0, 0.05) is 32.7 Å². The average Bonchev–Trinajstić information content (AvgIpc) is 2.41. The van der Waals surface area contributed by atoms with Gasteiger partial charge in [-0.25, -0.2) is 0 Å². The van der Waals surface area contributed by atoms with Crippen LogP contribution in [-0.4, -0.2) is 45.3 Å². The topological polar surface area (TPSA) is 33.7 Å². The lowest BCUT2D eigenvalue weighted by Gasteiger charge is -2.28. The summed E-state index contributed by atoms with van der Waals surface area (Å²) in [6.45, 7) is 7.47. The summed E-state index contributed by atoms with van der Waals surface area (Å²) in [7, 11) is 3.36. The zero-order chi connectivity index (χ0) is 13.0. The van der Waals surface area contributed by atoms with Crippen LogP contribution in [0.5, 0.6) is 11.5 Å². The van der Waals surface area contributed by atoms with E-state index in [0.717, 1.165) is 44.2 Å². The number of aryl methyl sites for hydroxylation is 1. The van der Waals surface area contributed by atoms with Crippen molar-refractivity contribution in [1.82, 2.24) is 10.2 Å². The van der Waals surface area contributed by atoms with Crippen molar-refractivity contribution in [3.63, 3.8) is 0 Å². The molecule has 0 saturated carbocycles. The van der Waals surface area contributed by atoms with Crippen molar-refractivity contribution in [2.45, 2.75) is 13.5 Å². The van der Waals surface area contributed by atoms with Crippen molar-refractivity contribution in [3.8, 4) is 11.5 Å². The van der Waals surface area contributed by atoms with Gasteiger partial charge in [0.1, 0.15) is 0 Å². The zero-order valence-corrected chi connectivity index (χ0v) is 13.9. The van der Waals surface area contributed by atoms with Crippen LogP contribution in [-0.2, 0) is 6.54 Å². The van der Waals surface area contributed by atoms with Crippen LogP contribution in [0.3, 0.4) is 0 Å². The predicted octanol–water partition coefficient (Wildman–Crippen LogP) is 2.26. The standard InChI is InChI=1S/C14H22N2O2.2ClH/c1-11-8-13(17-2)14(18-3)9-12(11)10-16-6-4-15-5-7-16;;/h8-9,15H,4-7,10H2,1-3H3;2*1H. The van der Waals surface area contributed by atoms with Gasteiger partial charge in [-0.2, -0.15) is 0 Å². The number of ether oxygens (including phenoxy) is 2. The van der Waals surface area contributed by atoms with E-state index in [0.29, 0.717) is 0 Å². The highest BCUT2D eigenvalue weighted by Crippen LogP contribution is 2.30. The summed E-state index contributed by atoms with van der Waals surface area (Å²) in [5.74, 6) is 1.62. The molecule has 0 atom stereocenters. The number of nitrogens with one attached hydrogen (secondary N) is 1. The predicted molar refractivity (Wildman–Crippen MR) is 86.9 cm³/mol. The number of nitrogens with zero attached hydrogens (tertiary/aromatic N) is 1. The molecule has 0 bridgehead atoms. The first kappa shape index (κ1) is 19.3. The number of hydrogen-bond donors (Lipinski definition) is 1. The number of piperazine rings is 1. The third kappa shape index (κ3) is 4.70. The molecule has 1 fully saturated rings. The number of rotatable bonds is 4. The minimum absolute atomic E-state index is 0. The Morgan fingerprint density at radius 1 is 1.05 bits per heavy atom. The summed E-state index contributed by atoms with van der Waals surface area (Å²) in [5, 5.41) is 3.37. The quantitative estimate of drug-likeness (QED) is 0.922. The van der Waals surface area contributed by atoms with Crippen LogP contribution >= 0.6 is 24.8 Å². The average molecular weight is 323 g/mol. The third-order valence-electron chi connectivity index (χ3n) is 3.45. The molecule has 1 heterocycles. The first-order chi connectivity index (χ1) is 8.74. The Balaban J connectivity index is 0.00000180. The molecule has 1 aliphatic heterocycles. The maximum Gasteiger partial charge on any atom is 0.161 e. The first-order valence-electron chi connectivity index (χ1n) is 6.39. The Kier molecular flexibility index (Phi) is 8.98. The molecule has 1 aliphatic rings. The van der Waals surface area contributed by atoms with Gasteiger partial charge in [0.05, 0.1) is 14.2 Å². The number of hydrogen-bond acceptors (Lipinski definition) is 4. The van der Waals surface area contributed by atoms with Crippen LogP contribution in [0.15, 0.2) is 12.1 Å². The molecule has 1 aromatic carbocycles.